The molecule has 0 bridgehead atoms. The van der Waals surface area contributed by atoms with Gasteiger partial charge in [0.1, 0.15) is 13.9 Å². The fourth-order valence-corrected chi connectivity index (χ4v) is 11.8. The third-order valence-corrected chi connectivity index (χ3v) is 15.4. The van der Waals surface area contributed by atoms with Gasteiger partial charge in [-0.2, -0.15) is 4.98 Å². The summed E-state index contributed by atoms with van der Waals surface area (Å²) in [7, 11) is 0.153. The summed E-state index contributed by atoms with van der Waals surface area (Å²) in [6, 6.07) is 19.4. The van der Waals surface area contributed by atoms with E-state index in [9.17, 15) is 4.79 Å². The quantitative estimate of drug-likeness (QED) is 0.158. The van der Waals surface area contributed by atoms with Gasteiger partial charge in [-0.05, 0) is 66.1 Å². The molecule has 4 aromatic rings. The van der Waals surface area contributed by atoms with Crippen LogP contribution in [0.15, 0.2) is 66.9 Å². The number of fused-ring (bicyclic) bond motifs is 1. The van der Waals surface area contributed by atoms with Crippen LogP contribution >= 0.6 is 0 Å². The van der Waals surface area contributed by atoms with Crippen molar-refractivity contribution in [3.8, 4) is 11.5 Å². The molecule has 1 aliphatic heterocycles. The molecule has 0 radical (unpaired) electrons. The second-order valence-corrected chi connectivity index (χ2v) is 18.5. The van der Waals surface area contributed by atoms with E-state index in [0.717, 1.165) is 42.8 Å². The van der Waals surface area contributed by atoms with Crippen LogP contribution in [0.3, 0.4) is 0 Å². The van der Waals surface area contributed by atoms with Crippen molar-refractivity contribution in [2.75, 3.05) is 48.8 Å². The SMILES string of the molecule is CC(C)[Si](C#Cc1cc(NC(=O)c2ccccc2)nc2nc(Nc3ccc(N4CCN(C)CC4)cc3)ncc12)(C(C)C)C(C)C. The number of aromatic nitrogens is 3. The third-order valence-electron chi connectivity index (χ3n) is 9.12. The molecule has 1 saturated heterocycles. The van der Waals surface area contributed by atoms with E-state index >= 15 is 0 Å². The number of pyridine rings is 1. The van der Waals surface area contributed by atoms with Crippen LogP contribution in [0.1, 0.15) is 57.5 Å². The normalized spacial score (nSPS) is 14.1. The molecule has 45 heavy (non-hydrogen) atoms. The van der Waals surface area contributed by atoms with Crippen LogP contribution in [0.4, 0.5) is 23.1 Å². The molecule has 8 nitrogen and oxygen atoms in total. The minimum Gasteiger partial charge on any atom is -0.369 e. The highest BCUT2D eigenvalue weighted by atomic mass is 28.3. The number of carbonyl (C=O) groups excluding carboxylic acids is 1. The van der Waals surface area contributed by atoms with E-state index in [4.69, 9.17) is 9.97 Å². The van der Waals surface area contributed by atoms with Crippen molar-refractivity contribution in [2.24, 2.45) is 0 Å². The standard InChI is InChI=1S/C36H45N7OSi/c1-25(2)45(26(3)4,27(5)6)22-17-29-23-33(40-35(44)28-11-9-8-10-12-28)39-34-32(29)24-37-36(41-34)38-30-13-15-31(16-14-30)43-20-18-42(7)19-21-43/h8-16,23-27H,18-21H2,1-7H3,(H2,37,38,39,40,41,44). The van der Waals surface area contributed by atoms with E-state index in [0.29, 0.717) is 39.6 Å². The highest BCUT2D eigenvalue weighted by Gasteiger charge is 2.41. The first-order valence-electron chi connectivity index (χ1n) is 15.9. The van der Waals surface area contributed by atoms with E-state index in [-0.39, 0.29) is 5.91 Å². The van der Waals surface area contributed by atoms with Crippen LogP contribution in [0.5, 0.6) is 0 Å². The smallest absolute Gasteiger partial charge is 0.256 e. The number of anilines is 4. The Hall–Kier alpha value is -4.26. The first-order chi connectivity index (χ1) is 21.6. The number of nitrogens with one attached hydrogen (secondary N) is 2. The van der Waals surface area contributed by atoms with Crippen molar-refractivity contribution in [1.29, 1.82) is 0 Å². The predicted molar refractivity (Wildman–Crippen MR) is 189 cm³/mol. The molecule has 0 aliphatic carbocycles. The number of rotatable bonds is 8. The van der Waals surface area contributed by atoms with Crippen LogP contribution < -0.4 is 15.5 Å². The molecule has 3 heterocycles. The lowest BCUT2D eigenvalue weighted by atomic mass is 10.2. The number of hydrogen-bond acceptors (Lipinski definition) is 7. The average molecular weight is 620 g/mol. The molecular formula is C36H45N7OSi. The topological polar surface area (TPSA) is 86.3 Å². The number of amides is 1. The monoisotopic (exact) mass is 619 g/mol. The summed E-state index contributed by atoms with van der Waals surface area (Å²) in [4.78, 5) is 32.0. The molecule has 5 rings (SSSR count). The van der Waals surface area contributed by atoms with Crippen molar-refractivity contribution in [3.63, 3.8) is 0 Å². The predicted octanol–water partition coefficient (Wildman–Crippen LogP) is 7.34. The van der Waals surface area contributed by atoms with Crippen molar-refractivity contribution in [1.82, 2.24) is 19.9 Å². The van der Waals surface area contributed by atoms with Crippen molar-refractivity contribution in [3.05, 3.63) is 78.0 Å². The van der Waals surface area contributed by atoms with E-state index in [1.807, 2.05) is 24.3 Å². The van der Waals surface area contributed by atoms with Gasteiger partial charge in [0.2, 0.25) is 5.95 Å². The molecule has 2 N–H and O–H groups in total. The molecule has 0 spiro atoms. The van der Waals surface area contributed by atoms with Crippen LogP contribution in [0.25, 0.3) is 11.0 Å². The lowest BCUT2D eigenvalue weighted by molar-refractivity contribution is 0.102. The summed E-state index contributed by atoms with van der Waals surface area (Å²) in [6.07, 6.45) is 1.78. The zero-order chi connectivity index (χ0) is 32.1. The summed E-state index contributed by atoms with van der Waals surface area (Å²) in [6.45, 7) is 18.0. The molecule has 9 heteroatoms. The van der Waals surface area contributed by atoms with E-state index in [1.165, 1.54) is 5.69 Å². The maximum absolute atomic E-state index is 13.1. The summed E-state index contributed by atoms with van der Waals surface area (Å²) >= 11 is 0. The second-order valence-electron chi connectivity index (χ2n) is 12.9. The Balaban J connectivity index is 1.49. The third kappa shape index (κ3) is 7.19. The molecule has 2 aromatic carbocycles. The number of benzene rings is 2. The fraction of sp³-hybridized carbons (Fsp3) is 0.389. The highest BCUT2D eigenvalue weighted by molar-refractivity contribution is 6.90. The van der Waals surface area contributed by atoms with Gasteiger partial charge >= 0.3 is 0 Å². The van der Waals surface area contributed by atoms with E-state index in [1.54, 1.807) is 18.3 Å². The summed E-state index contributed by atoms with van der Waals surface area (Å²) in [5.74, 6) is 4.16. The molecule has 0 unspecified atom stereocenters. The van der Waals surface area contributed by atoms with E-state index < -0.39 is 8.07 Å². The Labute approximate surface area is 268 Å². The summed E-state index contributed by atoms with van der Waals surface area (Å²) < 4.78 is 0. The molecule has 2 aromatic heterocycles. The number of likely N-dealkylation sites (N-methyl/N-ethyl adjacent to an activating group) is 1. The van der Waals surface area contributed by atoms with Crippen molar-refractivity contribution >= 4 is 48.2 Å². The van der Waals surface area contributed by atoms with Crippen LogP contribution in [-0.2, 0) is 0 Å². The maximum Gasteiger partial charge on any atom is 0.256 e. The Morgan fingerprint density at radius 3 is 2.13 bits per heavy atom. The molecule has 234 valence electrons. The van der Waals surface area contributed by atoms with Crippen molar-refractivity contribution in [2.45, 2.75) is 58.2 Å². The minimum absolute atomic E-state index is 0.232. The van der Waals surface area contributed by atoms with Gasteiger partial charge in [0, 0.05) is 54.9 Å². The zero-order valence-electron chi connectivity index (χ0n) is 27.6. The van der Waals surface area contributed by atoms with Gasteiger partial charge in [-0.1, -0.05) is 65.7 Å². The number of carbonyl (C=O) groups is 1. The van der Waals surface area contributed by atoms with E-state index in [2.05, 4.69) is 110 Å². The molecular weight excluding hydrogens is 575 g/mol. The highest BCUT2D eigenvalue weighted by Crippen LogP contribution is 2.41. The summed E-state index contributed by atoms with van der Waals surface area (Å²) in [5, 5.41) is 7.06. The van der Waals surface area contributed by atoms with Gasteiger partial charge in [-0.15, -0.1) is 5.54 Å². The first-order valence-corrected chi connectivity index (χ1v) is 18.2. The largest absolute Gasteiger partial charge is 0.369 e. The summed E-state index contributed by atoms with van der Waals surface area (Å²) in [5.41, 5.74) is 9.19. The van der Waals surface area contributed by atoms with Gasteiger partial charge in [0.15, 0.2) is 5.65 Å². The Morgan fingerprint density at radius 2 is 1.51 bits per heavy atom. The average Bonchev–Trinajstić information content (AvgIpc) is 3.02. The first kappa shape index (κ1) is 32.1. The molecule has 1 fully saturated rings. The number of piperazine rings is 1. The van der Waals surface area contributed by atoms with Crippen molar-refractivity contribution < 1.29 is 4.79 Å². The molecule has 1 aliphatic rings. The number of hydrogen-bond donors (Lipinski definition) is 2. The van der Waals surface area contributed by atoms with Gasteiger partial charge in [0.25, 0.3) is 5.91 Å². The lowest BCUT2D eigenvalue weighted by Gasteiger charge is -2.38. The maximum atomic E-state index is 13.1. The molecule has 1 amide bonds. The van der Waals surface area contributed by atoms with Gasteiger partial charge < -0.3 is 20.4 Å². The second kappa shape index (κ2) is 13.8. The Morgan fingerprint density at radius 1 is 0.867 bits per heavy atom. The fourth-order valence-electron chi connectivity index (χ4n) is 6.57. The van der Waals surface area contributed by atoms with Gasteiger partial charge in [0.05, 0.1) is 5.39 Å². The van der Waals surface area contributed by atoms with Crippen LogP contribution in [0, 0.1) is 11.5 Å². The Bertz CT molecular complexity index is 1660. The zero-order valence-corrected chi connectivity index (χ0v) is 28.6. The number of nitrogens with zero attached hydrogens (tertiary/aromatic N) is 5. The molecule has 0 saturated carbocycles. The molecule has 0 atom stereocenters. The van der Waals surface area contributed by atoms with Gasteiger partial charge in [-0.25, -0.2) is 9.97 Å². The van der Waals surface area contributed by atoms with Crippen LogP contribution in [-0.4, -0.2) is 67.1 Å². The Kier molecular flexibility index (Phi) is 9.85. The lowest BCUT2D eigenvalue weighted by Crippen LogP contribution is -2.44. The minimum atomic E-state index is -2.01. The van der Waals surface area contributed by atoms with Gasteiger partial charge in [-0.3, -0.25) is 4.79 Å². The van der Waals surface area contributed by atoms with Crippen LogP contribution in [0.2, 0.25) is 16.6 Å².